The van der Waals surface area contributed by atoms with Gasteiger partial charge in [0.1, 0.15) is 5.82 Å². The second-order valence-electron chi connectivity index (χ2n) is 6.86. The number of piperazine rings is 1. The van der Waals surface area contributed by atoms with Crippen LogP contribution < -0.4 is 5.56 Å². The molecule has 140 valence electrons. The second-order valence-corrected chi connectivity index (χ2v) is 7.64. The van der Waals surface area contributed by atoms with Gasteiger partial charge in [-0.3, -0.25) is 14.5 Å². The predicted molar refractivity (Wildman–Crippen MR) is 104 cm³/mol. The maximum atomic E-state index is 12.5. The molecular weight excluding hydrogens is 348 g/mol. The van der Waals surface area contributed by atoms with E-state index in [4.69, 9.17) is 0 Å². The molecule has 3 rings (SSSR count). The van der Waals surface area contributed by atoms with E-state index in [0.29, 0.717) is 36.0 Å². The number of rotatable bonds is 5. The van der Waals surface area contributed by atoms with Gasteiger partial charge in [0.25, 0.3) is 5.56 Å². The van der Waals surface area contributed by atoms with Crippen LogP contribution in [0.5, 0.6) is 0 Å². The zero-order valence-electron chi connectivity index (χ0n) is 15.6. The maximum Gasteiger partial charge on any atom is 0.254 e. The van der Waals surface area contributed by atoms with E-state index < -0.39 is 0 Å². The molecule has 0 radical (unpaired) electrons. The number of hydrogen-bond acceptors (Lipinski definition) is 5. The summed E-state index contributed by atoms with van der Waals surface area (Å²) in [5, 5.41) is 4.30. The first-order valence-corrected chi connectivity index (χ1v) is 10.0. The van der Waals surface area contributed by atoms with Crippen LogP contribution in [0.4, 0.5) is 0 Å². The van der Waals surface area contributed by atoms with Crippen LogP contribution in [0.3, 0.4) is 0 Å². The average Bonchev–Trinajstić information content (AvgIpc) is 3.14. The minimum Gasteiger partial charge on any atom is -0.340 e. The lowest BCUT2D eigenvalue weighted by atomic mass is 10.1. The van der Waals surface area contributed by atoms with E-state index in [9.17, 15) is 9.59 Å². The van der Waals surface area contributed by atoms with Crippen LogP contribution in [-0.4, -0.2) is 51.9 Å². The largest absolute Gasteiger partial charge is 0.340 e. The number of amides is 1. The van der Waals surface area contributed by atoms with Gasteiger partial charge in [0.15, 0.2) is 0 Å². The predicted octanol–water partition coefficient (Wildman–Crippen LogP) is 2.29. The van der Waals surface area contributed by atoms with Crippen molar-refractivity contribution in [3.63, 3.8) is 0 Å². The molecule has 1 fully saturated rings. The molecular formula is C19H26N4O2S. The van der Waals surface area contributed by atoms with Crippen LogP contribution in [0.1, 0.15) is 42.0 Å². The molecule has 1 aliphatic heterocycles. The van der Waals surface area contributed by atoms with Gasteiger partial charge in [-0.25, -0.2) is 4.98 Å². The van der Waals surface area contributed by atoms with Crippen molar-refractivity contribution in [3.05, 3.63) is 49.8 Å². The number of H-pyrrole nitrogens is 1. The summed E-state index contributed by atoms with van der Waals surface area (Å²) in [6.07, 6.45) is 0.799. The summed E-state index contributed by atoms with van der Waals surface area (Å²) in [6, 6.07) is 2.56. The molecule has 2 aromatic heterocycles. The first kappa shape index (κ1) is 18.8. The molecule has 1 aliphatic rings. The highest BCUT2D eigenvalue weighted by atomic mass is 32.1. The van der Waals surface area contributed by atoms with Crippen molar-refractivity contribution >= 4 is 17.2 Å². The molecule has 6 nitrogen and oxygen atoms in total. The number of nitrogens with zero attached hydrogens (tertiary/aromatic N) is 3. The topological polar surface area (TPSA) is 69.3 Å². The third-order valence-corrected chi connectivity index (χ3v) is 5.87. The van der Waals surface area contributed by atoms with Crippen LogP contribution in [0.25, 0.3) is 0 Å². The lowest BCUT2D eigenvalue weighted by Gasteiger charge is -2.38. The fourth-order valence-corrected chi connectivity index (χ4v) is 4.26. The first-order chi connectivity index (χ1) is 12.5. The van der Waals surface area contributed by atoms with Gasteiger partial charge in [0.2, 0.25) is 5.91 Å². The highest BCUT2D eigenvalue weighted by Crippen LogP contribution is 2.23. The minimum atomic E-state index is -0.128. The van der Waals surface area contributed by atoms with Crippen molar-refractivity contribution in [1.29, 1.82) is 0 Å². The van der Waals surface area contributed by atoms with E-state index in [1.165, 1.54) is 5.56 Å². The van der Waals surface area contributed by atoms with Gasteiger partial charge in [0, 0.05) is 49.9 Å². The molecule has 7 heteroatoms. The standard InChI is InChI=1S/C19H26N4O2S/c1-13-17(19(25)21-15(3)20-13)4-5-18(24)23-9-7-22(8-10-23)14(2)16-6-11-26-12-16/h6,11-12,14H,4-5,7-10H2,1-3H3,(H,20,21,25). The van der Waals surface area contributed by atoms with Crippen LogP contribution in [0.15, 0.2) is 21.6 Å². The summed E-state index contributed by atoms with van der Waals surface area (Å²) < 4.78 is 0. The van der Waals surface area contributed by atoms with Crippen molar-refractivity contribution in [1.82, 2.24) is 19.8 Å². The fraction of sp³-hybridized carbons (Fsp3) is 0.526. The van der Waals surface area contributed by atoms with Gasteiger partial charge in [-0.1, -0.05) is 0 Å². The van der Waals surface area contributed by atoms with E-state index in [-0.39, 0.29) is 11.5 Å². The van der Waals surface area contributed by atoms with Crippen molar-refractivity contribution < 1.29 is 4.79 Å². The SMILES string of the molecule is Cc1nc(C)c(CCC(=O)N2CCN(C(C)c3ccsc3)CC2)c(=O)[nH]1. The van der Waals surface area contributed by atoms with E-state index in [2.05, 4.69) is 38.6 Å². The molecule has 1 unspecified atom stereocenters. The smallest absolute Gasteiger partial charge is 0.254 e. The van der Waals surface area contributed by atoms with E-state index >= 15 is 0 Å². The molecule has 0 saturated carbocycles. The highest BCUT2D eigenvalue weighted by Gasteiger charge is 2.25. The number of aromatic nitrogens is 2. The third-order valence-electron chi connectivity index (χ3n) is 5.17. The van der Waals surface area contributed by atoms with Crippen LogP contribution >= 0.6 is 11.3 Å². The number of thiophene rings is 1. The van der Waals surface area contributed by atoms with Gasteiger partial charge in [0.05, 0.1) is 0 Å². The summed E-state index contributed by atoms with van der Waals surface area (Å²) in [5.74, 6) is 0.727. The minimum absolute atomic E-state index is 0.118. The van der Waals surface area contributed by atoms with E-state index in [1.54, 1.807) is 18.3 Å². The van der Waals surface area contributed by atoms with Gasteiger partial charge >= 0.3 is 0 Å². The monoisotopic (exact) mass is 374 g/mol. The number of aromatic amines is 1. The summed E-state index contributed by atoms with van der Waals surface area (Å²) in [5.41, 5.74) is 2.55. The molecule has 0 aromatic carbocycles. The lowest BCUT2D eigenvalue weighted by molar-refractivity contribution is -0.133. The van der Waals surface area contributed by atoms with E-state index in [0.717, 1.165) is 26.2 Å². The normalized spacial score (nSPS) is 16.7. The summed E-state index contributed by atoms with van der Waals surface area (Å²) >= 11 is 1.72. The molecule has 0 bridgehead atoms. The fourth-order valence-electron chi connectivity index (χ4n) is 3.52. The van der Waals surface area contributed by atoms with Crippen molar-refractivity contribution in [2.75, 3.05) is 26.2 Å². The Morgan fingerprint density at radius 1 is 1.31 bits per heavy atom. The molecule has 26 heavy (non-hydrogen) atoms. The Balaban J connectivity index is 1.52. The number of aryl methyl sites for hydroxylation is 2. The summed E-state index contributed by atoms with van der Waals surface area (Å²) in [6.45, 7) is 9.07. The molecule has 0 spiro atoms. The average molecular weight is 375 g/mol. The summed E-state index contributed by atoms with van der Waals surface area (Å²) in [4.78, 5) is 35.9. The molecule has 0 aliphatic carbocycles. The Morgan fingerprint density at radius 2 is 2.04 bits per heavy atom. The van der Waals surface area contributed by atoms with Gasteiger partial charge in [-0.15, -0.1) is 0 Å². The van der Waals surface area contributed by atoms with Crippen molar-refractivity contribution in [2.45, 2.75) is 39.7 Å². The quantitative estimate of drug-likeness (QED) is 0.872. The maximum absolute atomic E-state index is 12.5. The Morgan fingerprint density at radius 3 is 2.65 bits per heavy atom. The number of carbonyl (C=O) groups is 1. The molecule has 2 aromatic rings. The molecule has 1 saturated heterocycles. The summed E-state index contributed by atoms with van der Waals surface area (Å²) in [7, 11) is 0. The third kappa shape index (κ3) is 4.22. The Hall–Kier alpha value is -1.99. The van der Waals surface area contributed by atoms with Crippen LogP contribution in [-0.2, 0) is 11.2 Å². The Kier molecular flexibility index (Phi) is 5.88. The van der Waals surface area contributed by atoms with Gasteiger partial charge in [-0.05, 0) is 49.6 Å². The van der Waals surface area contributed by atoms with Gasteiger partial charge in [-0.2, -0.15) is 11.3 Å². The molecule has 1 N–H and O–H groups in total. The zero-order valence-corrected chi connectivity index (χ0v) is 16.4. The Labute approximate surface area is 157 Å². The molecule has 3 heterocycles. The van der Waals surface area contributed by atoms with Crippen molar-refractivity contribution in [3.8, 4) is 0 Å². The van der Waals surface area contributed by atoms with Crippen molar-refractivity contribution in [2.24, 2.45) is 0 Å². The number of hydrogen-bond donors (Lipinski definition) is 1. The van der Waals surface area contributed by atoms with Gasteiger partial charge < -0.3 is 9.88 Å². The van der Waals surface area contributed by atoms with Crippen LogP contribution in [0, 0.1) is 13.8 Å². The lowest BCUT2D eigenvalue weighted by Crippen LogP contribution is -2.49. The van der Waals surface area contributed by atoms with E-state index in [1.807, 2.05) is 11.8 Å². The first-order valence-electron chi connectivity index (χ1n) is 9.06. The van der Waals surface area contributed by atoms with Crippen LogP contribution in [0.2, 0.25) is 0 Å². The molecule has 1 atom stereocenters. The highest BCUT2D eigenvalue weighted by molar-refractivity contribution is 7.07. The Bertz CT molecular complexity index is 807. The number of nitrogens with one attached hydrogen (secondary N) is 1. The second kappa shape index (κ2) is 8.14. The zero-order chi connectivity index (χ0) is 18.7. The molecule has 1 amide bonds. The number of carbonyl (C=O) groups excluding carboxylic acids is 1.